The topological polar surface area (TPSA) is 58.4 Å². The fourth-order valence-corrected chi connectivity index (χ4v) is 2.32. The number of nitrogens with zero attached hydrogens (tertiary/aromatic N) is 1. The van der Waals surface area contributed by atoms with Crippen LogP contribution in [0.2, 0.25) is 0 Å². The molecule has 0 rings (SSSR count). The Bertz CT molecular complexity index is 238. The Morgan fingerprint density at radius 3 is 2.21 bits per heavy atom. The maximum Gasteiger partial charge on any atom is 0.220 e. The molecule has 0 bridgehead atoms. The van der Waals surface area contributed by atoms with Crippen LogP contribution in [0.25, 0.3) is 0 Å². The Morgan fingerprint density at radius 2 is 1.79 bits per heavy atom. The largest absolute Gasteiger partial charge is 0.355 e. The molecule has 0 aromatic rings. The van der Waals surface area contributed by atoms with Crippen LogP contribution in [-0.4, -0.2) is 42.5 Å². The van der Waals surface area contributed by atoms with E-state index in [1.165, 1.54) is 0 Å². The molecule has 0 saturated carbocycles. The van der Waals surface area contributed by atoms with Crippen molar-refractivity contribution in [1.82, 2.24) is 10.2 Å². The first-order chi connectivity index (χ1) is 8.90. The summed E-state index contributed by atoms with van der Waals surface area (Å²) in [5.41, 5.74) is 5.67. The molecule has 4 nitrogen and oxygen atoms in total. The van der Waals surface area contributed by atoms with Crippen LogP contribution in [0.15, 0.2) is 0 Å². The van der Waals surface area contributed by atoms with Crippen LogP contribution < -0.4 is 11.1 Å². The van der Waals surface area contributed by atoms with E-state index < -0.39 is 0 Å². The van der Waals surface area contributed by atoms with E-state index >= 15 is 0 Å². The lowest BCUT2D eigenvalue weighted by Gasteiger charge is -2.31. The summed E-state index contributed by atoms with van der Waals surface area (Å²) in [7, 11) is 0. The van der Waals surface area contributed by atoms with Crippen LogP contribution in [-0.2, 0) is 4.79 Å². The number of rotatable bonds is 10. The Kier molecular flexibility index (Phi) is 9.88. The molecule has 3 N–H and O–H groups in total. The summed E-state index contributed by atoms with van der Waals surface area (Å²) in [4.78, 5) is 14.2. The van der Waals surface area contributed by atoms with Crippen LogP contribution in [0.5, 0.6) is 0 Å². The monoisotopic (exact) mass is 271 g/mol. The van der Waals surface area contributed by atoms with Crippen molar-refractivity contribution in [1.29, 1.82) is 0 Å². The van der Waals surface area contributed by atoms with Crippen molar-refractivity contribution in [3.63, 3.8) is 0 Å². The molecular weight excluding hydrogens is 238 g/mol. The van der Waals surface area contributed by atoms with Crippen molar-refractivity contribution in [3.05, 3.63) is 0 Å². The van der Waals surface area contributed by atoms with Gasteiger partial charge in [-0.2, -0.15) is 0 Å². The summed E-state index contributed by atoms with van der Waals surface area (Å²) in [6.07, 6.45) is 2.41. The third kappa shape index (κ3) is 9.00. The molecule has 0 aliphatic heterocycles. The average molecular weight is 271 g/mol. The highest BCUT2D eigenvalue weighted by Gasteiger charge is 2.17. The molecular formula is C15H33N3O. The van der Waals surface area contributed by atoms with Crippen molar-refractivity contribution in [2.45, 2.75) is 66.0 Å². The van der Waals surface area contributed by atoms with Gasteiger partial charge in [-0.05, 0) is 38.8 Å². The van der Waals surface area contributed by atoms with Gasteiger partial charge in [-0.15, -0.1) is 0 Å². The zero-order valence-electron chi connectivity index (χ0n) is 13.4. The van der Waals surface area contributed by atoms with Crippen LogP contribution in [0.1, 0.15) is 53.9 Å². The first-order valence-electron chi connectivity index (χ1n) is 7.66. The van der Waals surface area contributed by atoms with E-state index in [4.69, 9.17) is 5.73 Å². The Hall–Kier alpha value is -0.610. The lowest BCUT2D eigenvalue weighted by Crippen LogP contribution is -2.44. The van der Waals surface area contributed by atoms with Crippen LogP contribution in [0.4, 0.5) is 0 Å². The average Bonchev–Trinajstić information content (AvgIpc) is 2.34. The number of hydrogen-bond acceptors (Lipinski definition) is 3. The van der Waals surface area contributed by atoms with Gasteiger partial charge in [0.1, 0.15) is 0 Å². The molecule has 1 amide bonds. The Morgan fingerprint density at radius 1 is 1.21 bits per heavy atom. The van der Waals surface area contributed by atoms with Gasteiger partial charge in [0.15, 0.2) is 0 Å². The zero-order valence-corrected chi connectivity index (χ0v) is 13.4. The smallest absolute Gasteiger partial charge is 0.220 e. The standard InChI is InChI=1S/C15H33N3O/c1-6-18(7-2)14(10-12(3)4)11-17-15(19)9-8-13(5)16/h12-14H,6-11,16H2,1-5H3,(H,17,19). The first kappa shape index (κ1) is 18.4. The molecule has 4 heteroatoms. The molecule has 0 aromatic heterocycles. The number of carbonyl (C=O) groups is 1. The maximum absolute atomic E-state index is 11.8. The summed E-state index contributed by atoms with van der Waals surface area (Å²) in [6, 6.07) is 0.536. The molecule has 0 aliphatic rings. The molecule has 0 heterocycles. The van der Waals surface area contributed by atoms with Crippen LogP contribution in [0.3, 0.4) is 0 Å². The molecule has 0 spiro atoms. The lowest BCUT2D eigenvalue weighted by atomic mass is 10.0. The second-order valence-corrected chi connectivity index (χ2v) is 5.82. The van der Waals surface area contributed by atoms with Crippen LogP contribution in [0, 0.1) is 5.92 Å². The molecule has 2 unspecified atom stereocenters. The first-order valence-corrected chi connectivity index (χ1v) is 7.66. The minimum atomic E-state index is 0.0972. The number of nitrogens with one attached hydrogen (secondary N) is 1. The van der Waals surface area contributed by atoms with E-state index in [1.807, 2.05) is 6.92 Å². The zero-order chi connectivity index (χ0) is 14.8. The van der Waals surface area contributed by atoms with Gasteiger partial charge < -0.3 is 11.1 Å². The fourth-order valence-electron chi connectivity index (χ4n) is 2.32. The summed E-state index contributed by atoms with van der Waals surface area (Å²) in [5, 5.41) is 3.06. The third-order valence-corrected chi connectivity index (χ3v) is 3.43. The predicted octanol–water partition coefficient (Wildman–Crippen LogP) is 1.99. The van der Waals surface area contributed by atoms with Gasteiger partial charge in [-0.1, -0.05) is 27.7 Å². The minimum Gasteiger partial charge on any atom is -0.355 e. The highest BCUT2D eigenvalue weighted by Crippen LogP contribution is 2.11. The van der Waals surface area contributed by atoms with Gasteiger partial charge >= 0.3 is 0 Å². The van der Waals surface area contributed by atoms with Gasteiger partial charge in [-0.3, -0.25) is 9.69 Å². The van der Waals surface area contributed by atoms with Gasteiger partial charge in [0.2, 0.25) is 5.91 Å². The highest BCUT2D eigenvalue weighted by atomic mass is 16.1. The molecule has 19 heavy (non-hydrogen) atoms. The van der Waals surface area contributed by atoms with E-state index in [2.05, 4.69) is 37.9 Å². The highest BCUT2D eigenvalue weighted by molar-refractivity contribution is 5.75. The summed E-state index contributed by atoms with van der Waals surface area (Å²) in [5.74, 6) is 0.768. The number of carbonyl (C=O) groups excluding carboxylic acids is 1. The maximum atomic E-state index is 11.8. The van der Waals surface area contributed by atoms with Crippen molar-refractivity contribution in [2.75, 3.05) is 19.6 Å². The normalized spacial score (nSPS) is 14.7. The van der Waals surface area contributed by atoms with Gasteiger partial charge in [0.05, 0.1) is 0 Å². The van der Waals surface area contributed by atoms with Crippen molar-refractivity contribution < 1.29 is 4.79 Å². The quantitative estimate of drug-likeness (QED) is 0.639. The number of nitrogens with two attached hydrogens (primary N) is 1. The van der Waals surface area contributed by atoms with E-state index in [0.29, 0.717) is 18.4 Å². The number of hydrogen-bond donors (Lipinski definition) is 2. The molecule has 0 saturated heterocycles. The fraction of sp³-hybridized carbons (Fsp3) is 0.933. The second kappa shape index (κ2) is 10.2. The van der Waals surface area contributed by atoms with Gasteiger partial charge in [-0.25, -0.2) is 0 Å². The Labute approximate surface area is 119 Å². The molecule has 0 aromatic carbocycles. The summed E-state index contributed by atoms with van der Waals surface area (Å²) in [6.45, 7) is 13.6. The summed E-state index contributed by atoms with van der Waals surface area (Å²) >= 11 is 0. The van der Waals surface area contributed by atoms with E-state index in [0.717, 1.165) is 32.5 Å². The third-order valence-electron chi connectivity index (χ3n) is 3.43. The SMILES string of the molecule is CCN(CC)C(CNC(=O)CCC(C)N)CC(C)C. The molecule has 2 atom stereocenters. The van der Waals surface area contributed by atoms with E-state index in [1.54, 1.807) is 0 Å². The Balaban J connectivity index is 4.21. The number of likely N-dealkylation sites (N-methyl/N-ethyl adjacent to an activating group) is 1. The molecule has 0 fully saturated rings. The van der Waals surface area contributed by atoms with Crippen molar-refractivity contribution in [3.8, 4) is 0 Å². The molecule has 0 radical (unpaired) electrons. The van der Waals surface area contributed by atoms with Crippen LogP contribution >= 0.6 is 0 Å². The van der Waals surface area contributed by atoms with E-state index in [9.17, 15) is 4.79 Å². The number of amides is 1. The predicted molar refractivity (Wildman–Crippen MR) is 82.1 cm³/mol. The van der Waals surface area contributed by atoms with Crippen molar-refractivity contribution >= 4 is 5.91 Å². The second-order valence-electron chi connectivity index (χ2n) is 5.82. The van der Waals surface area contributed by atoms with Gasteiger partial charge in [0, 0.05) is 25.0 Å². The van der Waals surface area contributed by atoms with Gasteiger partial charge in [0.25, 0.3) is 0 Å². The van der Waals surface area contributed by atoms with Crippen molar-refractivity contribution in [2.24, 2.45) is 11.7 Å². The molecule has 114 valence electrons. The minimum absolute atomic E-state index is 0.0972. The van der Waals surface area contributed by atoms with E-state index in [-0.39, 0.29) is 11.9 Å². The molecule has 0 aliphatic carbocycles. The summed E-state index contributed by atoms with van der Waals surface area (Å²) < 4.78 is 0. The lowest BCUT2D eigenvalue weighted by molar-refractivity contribution is -0.121.